The van der Waals surface area contributed by atoms with Crippen LogP contribution in [0, 0.1) is 0 Å². The number of carbonyl (C=O) groups is 1. The van der Waals surface area contributed by atoms with Gasteiger partial charge < -0.3 is 14.7 Å². The summed E-state index contributed by atoms with van der Waals surface area (Å²) < 4.78 is 5.18. The molecule has 1 N–H and O–H groups in total. The summed E-state index contributed by atoms with van der Waals surface area (Å²) in [5, 5.41) is 10.9. The van der Waals surface area contributed by atoms with Crippen LogP contribution in [0.4, 0.5) is 0 Å². The molecule has 0 aliphatic carbocycles. The van der Waals surface area contributed by atoms with Crippen LogP contribution in [0.1, 0.15) is 22.3 Å². The first-order valence-corrected chi connectivity index (χ1v) is 8.87. The monoisotopic (exact) mass is 354 g/mol. The SMILES string of the molecule is COc1ccc(CN(C)C[C@@]2(O)CCN(C(=O)c3ccccc3)C2)cc1. The van der Waals surface area contributed by atoms with Crippen LogP contribution >= 0.6 is 0 Å². The van der Waals surface area contributed by atoms with Crippen LogP contribution in [0.3, 0.4) is 0 Å². The Labute approximate surface area is 154 Å². The highest BCUT2D eigenvalue weighted by Gasteiger charge is 2.39. The van der Waals surface area contributed by atoms with Gasteiger partial charge in [0, 0.05) is 25.2 Å². The Morgan fingerprint density at radius 3 is 2.54 bits per heavy atom. The normalized spacial score (nSPS) is 19.8. The smallest absolute Gasteiger partial charge is 0.253 e. The Hall–Kier alpha value is -2.37. The van der Waals surface area contributed by atoms with E-state index in [1.54, 1.807) is 12.0 Å². The molecule has 1 fully saturated rings. The Morgan fingerprint density at radius 2 is 1.88 bits per heavy atom. The first-order valence-electron chi connectivity index (χ1n) is 8.87. The van der Waals surface area contributed by atoms with Gasteiger partial charge in [0.1, 0.15) is 5.75 Å². The van der Waals surface area contributed by atoms with E-state index in [-0.39, 0.29) is 5.91 Å². The summed E-state index contributed by atoms with van der Waals surface area (Å²) in [6.07, 6.45) is 0.596. The third-order valence-corrected chi connectivity index (χ3v) is 4.82. The van der Waals surface area contributed by atoms with Crippen molar-refractivity contribution in [3.8, 4) is 5.75 Å². The average molecular weight is 354 g/mol. The largest absolute Gasteiger partial charge is 0.497 e. The first-order chi connectivity index (χ1) is 12.5. The molecule has 0 radical (unpaired) electrons. The van der Waals surface area contributed by atoms with Crippen LogP contribution in [0.2, 0.25) is 0 Å². The number of hydrogen-bond donors (Lipinski definition) is 1. The van der Waals surface area contributed by atoms with Crippen molar-refractivity contribution in [2.75, 3.05) is 33.8 Å². The minimum Gasteiger partial charge on any atom is -0.497 e. The first kappa shape index (κ1) is 18.4. The zero-order chi connectivity index (χ0) is 18.6. The quantitative estimate of drug-likeness (QED) is 0.866. The predicted octanol–water partition coefficient (Wildman–Crippen LogP) is 2.40. The molecule has 1 atom stereocenters. The van der Waals surface area contributed by atoms with Crippen LogP contribution in [-0.4, -0.2) is 60.2 Å². The van der Waals surface area contributed by atoms with Gasteiger partial charge in [0.25, 0.3) is 5.91 Å². The molecule has 0 bridgehead atoms. The lowest BCUT2D eigenvalue weighted by atomic mass is 10.0. The summed E-state index contributed by atoms with van der Waals surface area (Å²) in [4.78, 5) is 16.4. The van der Waals surface area contributed by atoms with Crippen LogP contribution in [0.15, 0.2) is 54.6 Å². The number of aliphatic hydroxyl groups is 1. The van der Waals surface area contributed by atoms with Gasteiger partial charge in [-0.1, -0.05) is 30.3 Å². The van der Waals surface area contributed by atoms with E-state index in [0.717, 1.165) is 17.9 Å². The van der Waals surface area contributed by atoms with E-state index >= 15 is 0 Å². The second-order valence-corrected chi connectivity index (χ2v) is 7.09. The molecular formula is C21H26N2O3. The Morgan fingerprint density at radius 1 is 1.19 bits per heavy atom. The number of β-amino-alcohol motifs (C(OH)–C–C–N with tert-alkyl or cyclic N) is 1. The van der Waals surface area contributed by atoms with Crippen LogP contribution in [0.5, 0.6) is 5.75 Å². The molecule has 138 valence electrons. The van der Waals surface area contributed by atoms with Crippen molar-refractivity contribution in [1.29, 1.82) is 0 Å². The number of rotatable bonds is 6. The molecular weight excluding hydrogens is 328 g/mol. The van der Waals surface area contributed by atoms with Gasteiger partial charge in [-0.15, -0.1) is 0 Å². The molecule has 1 aliphatic rings. The number of nitrogens with zero attached hydrogens (tertiary/aromatic N) is 2. The fourth-order valence-corrected chi connectivity index (χ4v) is 3.52. The fourth-order valence-electron chi connectivity index (χ4n) is 3.52. The lowest BCUT2D eigenvalue weighted by molar-refractivity contribution is 0.0164. The van der Waals surface area contributed by atoms with Crippen molar-refractivity contribution in [2.45, 2.75) is 18.6 Å². The van der Waals surface area contributed by atoms with Gasteiger partial charge in [0.05, 0.1) is 19.3 Å². The van der Waals surface area contributed by atoms with E-state index in [0.29, 0.717) is 31.6 Å². The lowest BCUT2D eigenvalue weighted by Crippen LogP contribution is -2.44. The third kappa shape index (κ3) is 4.42. The third-order valence-electron chi connectivity index (χ3n) is 4.82. The summed E-state index contributed by atoms with van der Waals surface area (Å²) in [6, 6.07) is 17.2. The molecule has 3 rings (SSSR count). The van der Waals surface area contributed by atoms with E-state index in [9.17, 15) is 9.90 Å². The number of carbonyl (C=O) groups excluding carboxylic acids is 1. The van der Waals surface area contributed by atoms with Crippen molar-refractivity contribution >= 4 is 5.91 Å². The zero-order valence-corrected chi connectivity index (χ0v) is 15.4. The summed E-state index contributed by atoms with van der Waals surface area (Å²) in [7, 11) is 3.64. The van der Waals surface area contributed by atoms with Gasteiger partial charge >= 0.3 is 0 Å². The van der Waals surface area contributed by atoms with E-state index in [1.807, 2.05) is 61.6 Å². The molecule has 0 spiro atoms. The number of likely N-dealkylation sites (N-methyl/N-ethyl adjacent to an activating group) is 1. The van der Waals surface area contributed by atoms with Crippen molar-refractivity contribution in [1.82, 2.24) is 9.80 Å². The Balaban J connectivity index is 1.56. The number of benzene rings is 2. The number of ether oxygens (including phenoxy) is 1. The van der Waals surface area contributed by atoms with Gasteiger partial charge in [-0.05, 0) is 43.3 Å². The highest BCUT2D eigenvalue weighted by molar-refractivity contribution is 5.94. The predicted molar refractivity (Wildman–Crippen MR) is 101 cm³/mol. The average Bonchev–Trinajstić information content (AvgIpc) is 3.04. The summed E-state index contributed by atoms with van der Waals surface area (Å²) in [5.41, 5.74) is 0.960. The maximum Gasteiger partial charge on any atom is 0.253 e. The number of hydrogen-bond acceptors (Lipinski definition) is 4. The Bertz CT molecular complexity index is 733. The van der Waals surface area contributed by atoms with Crippen LogP contribution in [0.25, 0.3) is 0 Å². The van der Waals surface area contributed by atoms with E-state index < -0.39 is 5.60 Å². The van der Waals surface area contributed by atoms with Crippen molar-refractivity contribution < 1.29 is 14.6 Å². The molecule has 2 aromatic carbocycles. The van der Waals surface area contributed by atoms with Crippen molar-refractivity contribution in [3.63, 3.8) is 0 Å². The van der Waals surface area contributed by atoms with Gasteiger partial charge in [0.15, 0.2) is 0 Å². The fraction of sp³-hybridized carbons (Fsp3) is 0.381. The van der Waals surface area contributed by atoms with Crippen molar-refractivity contribution in [3.05, 3.63) is 65.7 Å². The van der Waals surface area contributed by atoms with E-state index in [2.05, 4.69) is 4.90 Å². The number of likely N-dealkylation sites (tertiary alicyclic amines) is 1. The molecule has 5 nitrogen and oxygen atoms in total. The number of methoxy groups -OCH3 is 1. The van der Waals surface area contributed by atoms with Crippen LogP contribution < -0.4 is 4.74 Å². The minimum atomic E-state index is -0.869. The second kappa shape index (κ2) is 7.89. The van der Waals surface area contributed by atoms with Crippen molar-refractivity contribution in [2.24, 2.45) is 0 Å². The molecule has 0 saturated carbocycles. The summed E-state index contributed by atoms with van der Waals surface area (Å²) >= 11 is 0. The molecule has 5 heteroatoms. The lowest BCUT2D eigenvalue weighted by Gasteiger charge is -2.29. The number of amides is 1. The van der Waals surface area contributed by atoms with Gasteiger partial charge in [0.2, 0.25) is 0 Å². The van der Waals surface area contributed by atoms with E-state index in [1.165, 1.54) is 0 Å². The molecule has 1 heterocycles. The maximum atomic E-state index is 12.6. The van der Waals surface area contributed by atoms with E-state index in [4.69, 9.17) is 4.74 Å². The topological polar surface area (TPSA) is 53.0 Å². The molecule has 1 amide bonds. The van der Waals surface area contributed by atoms with Gasteiger partial charge in [-0.2, -0.15) is 0 Å². The molecule has 1 aliphatic heterocycles. The van der Waals surface area contributed by atoms with Crippen LogP contribution in [-0.2, 0) is 6.54 Å². The maximum absolute atomic E-state index is 12.6. The van der Waals surface area contributed by atoms with Gasteiger partial charge in [-0.3, -0.25) is 9.69 Å². The standard InChI is InChI=1S/C21H26N2O3/c1-22(14-17-8-10-19(26-2)11-9-17)15-21(25)12-13-23(16-21)20(24)18-6-4-3-5-7-18/h3-11,25H,12-16H2,1-2H3/t21-/m0/s1. The molecule has 0 unspecified atom stereocenters. The Kier molecular flexibility index (Phi) is 5.59. The molecule has 0 aromatic heterocycles. The van der Waals surface area contributed by atoms with Gasteiger partial charge in [-0.25, -0.2) is 0 Å². The molecule has 26 heavy (non-hydrogen) atoms. The second-order valence-electron chi connectivity index (χ2n) is 7.09. The minimum absolute atomic E-state index is 0.0145. The highest BCUT2D eigenvalue weighted by atomic mass is 16.5. The molecule has 2 aromatic rings. The summed E-state index contributed by atoms with van der Waals surface area (Å²) in [5.74, 6) is 0.820. The highest BCUT2D eigenvalue weighted by Crippen LogP contribution is 2.24. The molecule has 1 saturated heterocycles. The zero-order valence-electron chi connectivity index (χ0n) is 15.4. The summed E-state index contributed by atoms with van der Waals surface area (Å²) in [6.45, 7) is 2.21.